The number of rotatable bonds is 7. The van der Waals surface area contributed by atoms with Gasteiger partial charge in [0.2, 0.25) is 5.91 Å². The molecule has 0 atom stereocenters. The summed E-state index contributed by atoms with van der Waals surface area (Å²) in [5, 5.41) is 5.36. The number of anilines is 4. The van der Waals surface area contributed by atoms with Crippen molar-refractivity contribution >= 4 is 46.3 Å². The van der Waals surface area contributed by atoms with Crippen molar-refractivity contribution < 1.29 is 27.5 Å². The number of likely N-dealkylation sites (N-methyl/N-ethyl adjacent to an activating group) is 1. The Morgan fingerprint density at radius 2 is 1.85 bits per heavy atom. The molecule has 178 valence electrons. The van der Waals surface area contributed by atoms with Crippen LogP contribution < -0.4 is 26.0 Å². The molecule has 2 aromatic carbocycles. The van der Waals surface area contributed by atoms with E-state index in [4.69, 9.17) is 17.3 Å². The molecule has 3 aromatic rings. The average molecular weight is 494 g/mol. The van der Waals surface area contributed by atoms with Crippen molar-refractivity contribution in [3.05, 3.63) is 71.4 Å². The van der Waals surface area contributed by atoms with E-state index in [1.54, 1.807) is 12.1 Å². The van der Waals surface area contributed by atoms with Gasteiger partial charge in [0, 0.05) is 24.5 Å². The topological polar surface area (TPSA) is 110 Å². The third-order valence-electron chi connectivity index (χ3n) is 4.50. The van der Waals surface area contributed by atoms with E-state index in [1.165, 1.54) is 48.5 Å². The Morgan fingerprint density at radius 3 is 2.47 bits per heavy atom. The van der Waals surface area contributed by atoms with Crippen LogP contribution in [-0.2, 0) is 4.79 Å². The third-order valence-corrected chi connectivity index (χ3v) is 4.80. The molecule has 0 spiro atoms. The molecule has 0 aliphatic heterocycles. The second-order valence-corrected chi connectivity index (χ2v) is 7.28. The zero-order valence-corrected chi connectivity index (χ0v) is 18.4. The Balaban J connectivity index is 1.88. The number of nitrogens with one attached hydrogen (secondary N) is 2. The maximum Gasteiger partial charge on any atom is 0.573 e. The van der Waals surface area contributed by atoms with Crippen LogP contribution in [0.15, 0.2) is 60.8 Å². The lowest BCUT2D eigenvalue weighted by molar-refractivity contribution is -0.274. The van der Waals surface area contributed by atoms with Gasteiger partial charge < -0.3 is 26.0 Å². The number of alkyl halides is 3. The predicted octanol–water partition coefficient (Wildman–Crippen LogP) is 4.35. The van der Waals surface area contributed by atoms with Crippen molar-refractivity contribution in [2.24, 2.45) is 0 Å². The lowest BCUT2D eigenvalue weighted by atomic mass is 10.1. The van der Waals surface area contributed by atoms with Gasteiger partial charge in [-0.2, -0.15) is 0 Å². The standard InChI is InChI=1S/C22H19ClF3N5O3/c1-28-19(32)12-31(20-16(23)3-2-10-29-20)18-11-13(4-9-17(18)27)21(33)30-14-5-7-15(8-6-14)34-22(24,25)26/h2-11H,12,27H2,1H3,(H,28,32)(H,30,33). The van der Waals surface area contributed by atoms with Gasteiger partial charge in [-0.15, -0.1) is 13.2 Å². The van der Waals surface area contributed by atoms with Crippen molar-refractivity contribution in [2.75, 3.05) is 29.5 Å². The Hall–Kier alpha value is -3.99. The zero-order valence-electron chi connectivity index (χ0n) is 17.7. The van der Waals surface area contributed by atoms with Crippen molar-refractivity contribution in [1.29, 1.82) is 0 Å². The number of carbonyl (C=O) groups is 2. The summed E-state index contributed by atoms with van der Waals surface area (Å²) in [4.78, 5) is 30.6. The van der Waals surface area contributed by atoms with Gasteiger partial charge in [0.25, 0.3) is 5.91 Å². The summed E-state index contributed by atoms with van der Waals surface area (Å²) in [5.74, 6) is -1.07. The number of ether oxygens (including phenoxy) is 1. The van der Waals surface area contributed by atoms with Gasteiger partial charge in [-0.05, 0) is 54.6 Å². The van der Waals surface area contributed by atoms with Gasteiger partial charge in [0.05, 0.1) is 16.4 Å². The minimum Gasteiger partial charge on any atom is -0.406 e. The number of nitrogens with two attached hydrogens (primary N) is 1. The summed E-state index contributed by atoms with van der Waals surface area (Å²) in [6.07, 6.45) is -3.32. The van der Waals surface area contributed by atoms with E-state index in [2.05, 4.69) is 20.4 Å². The molecule has 0 aliphatic rings. The molecule has 1 aromatic heterocycles. The van der Waals surface area contributed by atoms with Crippen LogP contribution in [0.2, 0.25) is 5.02 Å². The molecule has 8 nitrogen and oxygen atoms in total. The molecule has 2 amide bonds. The van der Waals surface area contributed by atoms with E-state index in [9.17, 15) is 22.8 Å². The zero-order chi connectivity index (χ0) is 24.9. The number of carbonyl (C=O) groups excluding carboxylic acids is 2. The van der Waals surface area contributed by atoms with Gasteiger partial charge in [0.15, 0.2) is 5.82 Å². The molecule has 0 fully saturated rings. The van der Waals surface area contributed by atoms with E-state index in [-0.39, 0.29) is 40.2 Å². The minimum absolute atomic E-state index is 0.175. The number of nitrogen functional groups attached to an aromatic ring is 1. The van der Waals surface area contributed by atoms with Crippen LogP contribution in [0.5, 0.6) is 5.75 Å². The van der Waals surface area contributed by atoms with Gasteiger partial charge >= 0.3 is 6.36 Å². The monoisotopic (exact) mass is 493 g/mol. The molecular weight excluding hydrogens is 475 g/mol. The van der Waals surface area contributed by atoms with Crippen LogP contribution in [0, 0.1) is 0 Å². The molecule has 4 N–H and O–H groups in total. The summed E-state index contributed by atoms with van der Waals surface area (Å²) in [6.45, 7) is -0.177. The molecule has 3 rings (SSSR count). The predicted molar refractivity (Wildman–Crippen MR) is 122 cm³/mol. The molecule has 34 heavy (non-hydrogen) atoms. The number of hydrogen-bond acceptors (Lipinski definition) is 6. The van der Waals surface area contributed by atoms with E-state index in [0.717, 1.165) is 12.1 Å². The maximum absolute atomic E-state index is 12.8. The van der Waals surface area contributed by atoms with Crippen LogP contribution >= 0.6 is 11.6 Å². The summed E-state index contributed by atoms with van der Waals surface area (Å²) in [7, 11) is 1.47. The lowest BCUT2D eigenvalue weighted by Crippen LogP contribution is -2.33. The summed E-state index contributed by atoms with van der Waals surface area (Å²) < 4.78 is 40.8. The van der Waals surface area contributed by atoms with E-state index >= 15 is 0 Å². The fourth-order valence-corrected chi connectivity index (χ4v) is 3.16. The van der Waals surface area contributed by atoms with Crippen LogP contribution in [-0.4, -0.2) is 36.8 Å². The molecular formula is C22H19ClF3N5O3. The smallest absolute Gasteiger partial charge is 0.406 e. The van der Waals surface area contributed by atoms with Crippen LogP contribution in [0.25, 0.3) is 0 Å². The fourth-order valence-electron chi connectivity index (χ4n) is 2.93. The Kier molecular flexibility index (Phi) is 7.47. The number of amides is 2. The van der Waals surface area contributed by atoms with Gasteiger partial charge in [-0.3, -0.25) is 9.59 Å². The van der Waals surface area contributed by atoms with Crippen LogP contribution in [0.1, 0.15) is 10.4 Å². The van der Waals surface area contributed by atoms with Crippen molar-refractivity contribution in [3.63, 3.8) is 0 Å². The maximum atomic E-state index is 12.8. The van der Waals surface area contributed by atoms with Crippen LogP contribution in [0.3, 0.4) is 0 Å². The van der Waals surface area contributed by atoms with Gasteiger partial charge in [-0.1, -0.05) is 11.6 Å². The number of benzene rings is 2. The lowest BCUT2D eigenvalue weighted by Gasteiger charge is -2.25. The third kappa shape index (κ3) is 6.29. The molecule has 0 radical (unpaired) electrons. The van der Waals surface area contributed by atoms with E-state index in [0.29, 0.717) is 5.69 Å². The summed E-state index contributed by atoms with van der Waals surface area (Å²) in [6, 6.07) is 12.3. The SMILES string of the molecule is CNC(=O)CN(c1cc(C(=O)Nc2ccc(OC(F)(F)F)cc2)ccc1N)c1ncccc1Cl. The number of aromatic nitrogens is 1. The molecule has 0 aliphatic carbocycles. The number of pyridine rings is 1. The van der Waals surface area contributed by atoms with E-state index in [1.807, 2.05) is 0 Å². The number of nitrogens with zero attached hydrogens (tertiary/aromatic N) is 2. The molecule has 1 heterocycles. The molecule has 12 heteroatoms. The summed E-state index contributed by atoms with van der Waals surface area (Å²) in [5.41, 5.74) is 7.12. The molecule has 0 bridgehead atoms. The second-order valence-electron chi connectivity index (χ2n) is 6.87. The highest BCUT2D eigenvalue weighted by molar-refractivity contribution is 6.33. The Labute approximate surface area is 197 Å². The normalized spacial score (nSPS) is 11.0. The molecule has 0 saturated carbocycles. The first-order chi connectivity index (χ1) is 16.1. The first-order valence-corrected chi connectivity index (χ1v) is 10.1. The highest BCUT2D eigenvalue weighted by atomic mass is 35.5. The number of halogens is 4. The largest absolute Gasteiger partial charge is 0.573 e. The molecule has 0 unspecified atom stereocenters. The Bertz CT molecular complexity index is 1190. The quantitative estimate of drug-likeness (QED) is 0.422. The average Bonchev–Trinajstić information content (AvgIpc) is 2.78. The van der Waals surface area contributed by atoms with Gasteiger partial charge in [0.1, 0.15) is 12.3 Å². The van der Waals surface area contributed by atoms with E-state index < -0.39 is 18.0 Å². The minimum atomic E-state index is -4.82. The first-order valence-electron chi connectivity index (χ1n) is 9.72. The van der Waals surface area contributed by atoms with Crippen molar-refractivity contribution in [2.45, 2.75) is 6.36 Å². The summed E-state index contributed by atoms with van der Waals surface area (Å²) >= 11 is 6.27. The van der Waals surface area contributed by atoms with Crippen molar-refractivity contribution in [1.82, 2.24) is 10.3 Å². The Morgan fingerprint density at radius 1 is 1.15 bits per heavy atom. The second kappa shape index (κ2) is 10.3. The van der Waals surface area contributed by atoms with Crippen molar-refractivity contribution in [3.8, 4) is 5.75 Å². The van der Waals surface area contributed by atoms with Crippen LogP contribution in [0.4, 0.5) is 36.1 Å². The van der Waals surface area contributed by atoms with Gasteiger partial charge in [-0.25, -0.2) is 4.98 Å². The fraction of sp³-hybridized carbons (Fsp3) is 0.136. The highest BCUT2D eigenvalue weighted by Crippen LogP contribution is 2.34. The first kappa shape index (κ1) is 24.6. The number of hydrogen-bond donors (Lipinski definition) is 3. The molecule has 0 saturated heterocycles. The highest BCUT2D eigenvalue weighted by Gasteiger charge is 2.31.